The molecule has 1 aliphatic rings. The second kappa shape index (κ2) is 7.60. The van der Waals surface area contributed by atoms with E-state index >= 15 is 0 Å². The summed E-state index contributed by atoms with van der Waals surface area (Å²) in [6, 6.07) is 28.5. The zero-order chi connectivity index (χ0) is 19.6. The molecule has 1 fully saturated rings. The predicted octanol–water partition coefficient (Wildman–Crippen LogP) is 4.75. The Morgan fingerprint density at radius 1 is 0.714 bits per heavy atom. The Morgan fingerprint density at radius 3 is 1.64 bits per heavy atom. The molecule has 0 bridgehead atoms. The lowest BCUT2D eigenvalue weighted by Gasteiger charge is -2.36. The van der Waals surface area contributed by atoms with Crippen LogP contribution in [-0.4, -0.2) is 27.2 Å². The molecule has 0 N–H and O–H groups in total. The van der Waals surface area contributed by atoms with Crippen LogP contribution in [0.15, 0.2) is 91.0 Å². The molecule has 4 nitrogen and oxygen atoms in total. The molecule has 140 valence electrons. The number of alkyl halides is 1. The number of benzene rings is 3. The van der Waals surface area contributed by atoms with E-state index in [-0.39, 0.29) is 17.4 Å². The van der Waals surface area contributed by atoms with Crippen molar-refractivity contribution >= 4 is 27.9 Å². The van der Waals surface area contributed by atoms with Crippen molar-refractivity contribution < 1.29 is 9.59 Å². The predicted molar refractivity (Wildman–Crippen MR) is 112 cm³/mol. The fourth-order valence-electron chi connectivity index (χ4n) is 3.83. The minimum absolute atomic E-state index is 0.150. The summed E-state index contributed by atoms with van der Waals surface area (Å²) in [5.41, 5.74) is 1.47. The molecule has 1 heterocycles. The first-order valence-electron chi connectivity index (χ1n) is 9.04. The molecule has 28 heavy (non-hydrogen) atoms. The van der Waals surface area contributed by atoms with Gasteiger partial charge in [-0.25, -0.2) is 4.79 Å². The van der Waals surface area contributed by atoms with E-state index in [4.69, 9.17) is 0 Å². The molecule has 4 rings (SSSR count). The van der Waals surface area contributed by atoms with E-state index in [1.807, 2.05) is 91.0 Å². The summed E-state index contributed by atoms with van der Waals surface area (Å²) in [6.07, 6.45) is 0. The number of hydrogen-bond acceptors (Lipinski definition) is 2. The lowest BCUT2D eigenvalue weighted by atomic mass is 9.81. The van der Waals surface area contributed by atoms with Gasteiger partial charge in [0.05, 0.1) is 5.45 Å². The van der Waals surface area contributed by atoms with Crippen LogP contribution < -0.4 is 0 Å². The van der Waals surface area contributed by atoms with Gasteiger partial charge in [0.15, 0.2) is 5.54 Å². The largest absolute Gasteiger partial charge is 0.329 e. The zero-order valence-corrected chi connectivity index (χ0v) is 16.7. The molecule has 0 aromatic heterocycles. The van der Waals surface area contributed by atoms with E-state index in [0.29, 0.717) is 6.54 Å². The third-order valence-electron chi connectivity index (χ3n) is 5.11. The smallest absolute Gasteiger partial charge is 0.297 e. The van der Waals surface area contributed by atoms with Crippen molar-refractivity contribution in [2.24, 2.45) is 0 Å². The van der Waals surface area contributed by atoms with Crippen molar-refractivity contribution in [3.63, 3.8) is 0 Å². The van der Waals surface area contributed by atoms with Crippen LogP contribution in [0.25, 0.3) is 0 Å². The molecule has 0 saturated carbocycles. The van der Waals surface area contributed by atoms with Gasteiger partial charge in [0, 0.05) is 6.54 Å². The molecule has 1 aliphatic heterocycles. The molecular formula is C23H19BrN2O2. The highest BCUT2D eigenvalue weighted by Gasteiger charge is 2.59. The molecule has 1 saturated heterocycles. The lowest BCUT2D eigenvalue weighted by Crippen LogP contribution is -2.47. The Labute approximate surface area is 172 Å². The first-order chi connectivity index (χ1) is 13.7. The number of amides is 3. The van der Waals surface area contributed by atoms with Crippen LogP contribution >= 0.6 is 15.9 Å². The Morgan fingerprint density at radius 2 is 1.18 bits per heavy atom. The minimum atomic E-state index is -1.21. The van der Waals surface area contributed by atoms with Crippen LogP contribution in [0, 0.1) is 0 Å². The first kappa shape index (κ1) is 18.4. The van der Waals surface area contributed by atoms with Gasteiger partial charge >= 0.3 is 6.03 Å². The van der Waals surface area contributed by atoms with Crippen LogP contribution in [0.3, 0.4) is 0 Å². The summed E-state index contributed by atoms with van der Waals surface area (Å²) in [6.45, 7) is 0.332. The summed E-state index contributed by atoms with van der Waals surface area (Å²) in [5, 5.41) is 0. The molecule has 0 aliphatic carbocycles. The lowest BCUT2D eigenvalue weighted by molar-refractivity contribution is -0.131. The highest BCUT2D eigenvalue weighted by atomic mass is 79.9. The van der Waals surface area contributed by atoms with Crippen molar-refractivity contribution in [1.29, 1.82) is 0 Å². The number of nitrogens with zero attached hydrogens (tertiary/aromatic N) is 2. The van der Waals surface area contributed by atoms with Crippen molar-refractivity contribution in [1.82, 2.24) is 9.80 Å². The second-order valence-electron chi connectivity index (χ2n) is 6.65. The van der Waals surface area contributed by atoms with Gasteiger partial charge in [0.1, 0.15) is 0 Å². The van der Waals surface area contributed by atoms with Gasteiger partial charge in [-0.05, 0) is 16.7 Å². The van der Waals surface area contributed by atoms with Gasteiger partial charge in [0.25, 0.3) is 5.91 Å². The Balaban J connectivity index is 1.97. The standard InChI is InChI=1S/C23H19BrN2O2/c24-17-25-21(27)23(19-12-6-2-7-13-19,20-14-8-3-9-15-20)26(22(25)28)16-18-10-4-1-5-11-18/h1-15H,16-17H2. The number of imide groups is 1. The number of carbonyl (C=O) groups excluding carboxylic acids is 2. The molecule has 0 unspecified atom stereocenters. The van der Waals surface area contributed by atoms with Gasteiger partial charge in [0.2, 0.25) is 0 Å². The molecule has 3 aromatic rings. The van der Waals surface area contributed by atoms with Crippen LogP contribution in [0.5, 0.6) is 0 Å². The van der Waals surface area contributed by atoms with Gasteiger partial charge in [-0.2, -0.15) is 0 Å². The Bertz CT molecular complexity index is 938. The van der Waals surface area contributed by atoms with Crippen LogP contribution in [-0.2, 0) is 16.9 Å². The maximum Gasteiger partial charge on any atom is 0.329 e. The SMILES string of the molecule is O=C1N(CBr)C(=O)C(c2ccccc2)(c2ccccc2)N1Cc1ccccc1. The van der Waals surface area contributed by atoms with E-state index in [9.17, 15) is 9.59 Å². The number of hydrogen-bond donors (Lipinski definition) is 0. The quantitative estimate of drug-likeness (QED) is 0.330. The maximum absolute atomic E-state index is 13.7. The Hall–Kier alpha value is -2.92. The van der Waals surface area contributed by atoms with Gasteiger partial charge < -0.3 is 0 Å². The van der Waals surface area contributed by atoms with E-state index in [1.165, 1.54) is 4.90 Å². The molecule has 0 atom stereocenters. The summed E-state index contributed by atoms with van der Waals surface area (Å²) in [7, 11) is 0. The summed E-state index contributed by atoms with van der Waals surface area (Å²) in [5.74, 6) is -0.247. The zero-order valence-electron chi connectivity index (χ0n) is 15.2. The number of rotatable bonds is 5. The second-order valence-corrected chi connectivity index (χ2v) is 7.15. The molecule has 3 amide bonds. The monoisotopic (exact) mass is 434 g/mol. The van der Waals surface area contributed by atoms with E-state index in [1.54, 1.807) is 4.90 Å². The summed E-state index contributed by atoms with van der Waals surface area (Å²) in [4.78, 5) is 30.0. The number of halogens is 1. The third-order valence-corrected chi connectivity index (χ3v) is 5.61. The molecular weight excluding hydrogens is 416 g/mol. The third kappa shape index (κ3) is 2.83. The average molecular weight is 435 g/mol. The topological polar surface area (TPSA) is 40.6 Å². The fraction of sp³-hybridized carbons (Fsp3) is 0.130. The van der Waals surface area contributed by atoms with Gasteiger partial charge in [-0.3, -0.25) is 14.6 Å². The number of carbonyl (C=O) groups is 2. The van der Waals surface area contributed by atoms with E-state index in [2.05, 4.69) is 15.9 Å². The highest BCUT2D eigenvalue weighted by Crippen LogP contribution is 2.44. The highest BCUT2D eigenvalue weighted by molar-refractivity contribution is 9.09. The molecule has 0 spiro atoms. The molecule has 5 heteroatoms. The van der Waals surface area contributed by atoms with Gasteiger partial charge in [-0.15, -0.1) is 0 Å². The minimum Gasteiger partial charge on any atom is -0.297 e. The maximum atomic E-state index is 13.7. The van der Waals surface area contributed by atoms with Crippen molar-refractivity contribution in [2.45, 2.75) is 12.1 Å². The van der Waals surface area contributed by atoms with E-state index in [0.717, 1.165) is 16.7 Å². The van der Waals surface area contributed by atoms with Crippen molar-refractivity contribution in [3.8, 4) is 0 Å². The van der Waals surface area contributed by atoms with Crippen LogP contribution in [0.2, 0.25) is 0 Å². The van der Waals surface area contributed by atoms with Crippen molar-refractivity contribution in [2.75, 3.05) is 5.45 Å². The molecule has 3 aromatic carbocycles. The van der Waals surface area contributed by atoms with Crippen LogP contribution in [0.1, 0.15) is 16.7 Å². The summed E-state index contributed by atoms with van der Waals surface area (Å²) < 4.78 is 0. The normalized spacial score (nSPS) is 15.9. The van der Waals surface area contributed by atoms with E-state index < -0.39 is 5.54 Å². The molecule has 0 radical (unpaired) electrons. The average Bonchev–Trinajstić information content (AvgIpc) is 2.97. The van der Waals surface area contributed by atoms with Crippen LogP contribution in [0.4, 0.5) is 4.79 Å². The summed E-state index contributed by atoms with van der Waals surface area (Å²) >= 11 is 3.32. The van der Waals surface area contributed by atoms with Gasteiger partial charge in [-0.1, -0.05) is 107 Å². The van der Waals surface area contributed by atoms with Crippen molar-refractivity contribution in [3.05, 3.63) is 108 Å². The Kier molecular flexibility index (Phi) is 5.01. The fourth-order valence-corrected chi connectivity index (χ4v) is 4.27. The number of urea groups is 1. The first-order valence-corrected chi connectivity index (χ1v) is 10.2.